The van der Waals surface area contributed by atoms with E-state index in [1.54, 1.807) is 31.4 Å². The summed E-state index contributed by atoms with van der Waals surface area (Å²) in [6, 6.07) is 4.28. The summed E-state index contributed by atoms with van der Waals surface area (Å²) in [4.78, 5) is 22.7. The molecular weight excluding hydrogens is 384 g/mol. The van der Waals surface area contributed by atoms with Crippen LogP contribution in [0.3, 0.4) is 0 Å². The maximum absolute atomic E-state index is 12.9. The first-order chi connectivity index (χ1) is 13.7. The van der Waals surface area contributed by atoms with Crippen LogP contribution in [0.4, 0.5) is 5.69 Å². The Morgan fingerprint density at radius 2 is 2.03 bits per heavy atom. The number of carbonyl (C=O) groups is 1. The van der Waals surface area contributed by atoms with E-state index >= 15 is 0 Å². The average Bonchev–Trinajstić information content (AvgIpc) is 3.14. The number of benzene rings is 1. The zero-order chi connectivity index (χ0) is 21.2. The highest BCUT2D eigenvalue weighted by molar-refractivity contribution is 7.13. The molecule has 0 aliphatic rings. The second-order valence-electron chi connectivity index (χ2n) is 8.21. The third kappa shape index (κ3) is 5.10. The van der Waals surface area contributed by atoms with Gasteiger partial charge in [0.15, 0.2) is 0 Å². The van der Waals surface area contributed by atoms with Crippen molar-refractivity contribution in [2.75, 3.05) is 11.9 Å². The van der Waals surface area contributed by atoms with Crippen molar-refractivity contribution in [2.45, 2.75) is 52.7 Å². The average molecular weight is 413 g/mol. The van der Waals surface area contributed by atoms with Crippen molar-refractivity contribution in [3.8, 4) is 10.4 Å². The standard InChI is InChI=1S/C22H28N4O2S/c1-13(2)26-20-16-9-15(19-11-23-12-29-19)14(3)8-18(16)25-10-17(20)21(27)24-7-6-22(4,5)28/h8-13,28H,6-7H2,1-5H3,(H,24,27)(H,25,26). The van der Waals surface area contributed by atoms with Gasteiger partial charge < -0.3 is 15.7 Å². The Morgan fingerprint density at radius 1 is 1.28 bits per heavy atom. The minimum Gasteiger partial charge on any atom is -0.390 e. The molecule has 154 valence electrons. The van der Waals surface area contributed by atoms with Crippen molar-refractivity contribution in [1.82, 2.24) is 15.3 Å². The predicted molar refractivity (Wildman–Crippen MR) is 120 cm³/mol. The van der Waals surface area contributed by atoms with Gasteiger partial charge in [-0.25, -0.2) is 0 Å². The number of anilines is 1. The molecular formula is C22H28N4O2S. The molecule has 0 aliphatic heterocycles. The van der Waals surface area contributed by atoms with E-state index in [0.29, 0.717) is 18.5 Å². The normalized spacial score (nSPS) is 11.8. The monoisotopic (exact) mass is 412 g/mol. The summed E-state index contributed by atoms with van der Waals surface area (Å²) in [5.41, 5.74) is 5.32. The maximum Gasteiger partial charge on any atom is 0.254 e. The van der Waals surface area contributed by atoms with Gasteiger partial charge in [0.25, 0.3) is 5.91 Å². The number of nitrogens with zero attached hydrogens (tertiary/aromatic N) is 2. The molecule has 2 aromatic heterocycles. The number of nitrogens with one attached hydrogen (secondary N) is 2. The van der Waals surface area contributed by atoms with Crippen LogP contribution in [-0.4, -0.2) is 39.2 Å². The summed E-state index contributed by atoms with van der Waals surface area (Å²) >= 11 is 1.59. The Balaban J connectivity index is 2.05. The fraction of sp³-hybridized carbons (Fsp3) is 0.409. The van der Waals surface area contributed by atoms with Gasteiger partial charge in [0.1, 0.15) is 0 Å². The van der Waals surface area contributed by atoms with Crippen LogP contribution in [0.2, 0.25) is 0 Å². The molecule has 3 aromatic rings. The molecule has 0 radical (unpaired) electrons. The van der Waals surface area contributed by atoms with Crippen LogP contribution in [-0.2, 0) is 0 Å². The van der Waals surface area contributed by atoms with Gasteiger partial charge >= 0.3 is 0 Å². The fourth-order valence-electron chi connectivity index (χ4n) is 3.15. The number of rotatable bonds is 7. The number of amides is 1. The summed E-state index contributed by atoms with van der Waals surface area (Å²) in [7, 11) is 0. The molecule has 0 bridgehead atoms. The van der Waals surface area contributed by atoms with Crippen LogP contribution < -0.4 is 10.6 Å². The zero-order valence-corrected chi connectivity index (χ0v) is 18.4. The minimum atomic E-state index is -0.824. The largest absolute Gasteiger partial charge is 0.390 e. The van der Waals surface area contributed by atoms with Crippen LogP contribution in [0.15, 0.2) is 30.0 Å². The SMILES string of the molecule is Cc1cc2ncc(C(=O)NCCC(C)(C)O)c(NC(C)C)c2cc1-c1cncs1. The first kappa shape index (κ1) is 21.2. The summed E-state index contributed by atoms with van der Waals surface area (Å²) < 4.78 is 0. The Bertz CT molecular complexity index is 1010. The van der Waals surface area contributed by atoms with Gasteiger partial charge in [-0.2, -0.15) is 0 Å². The lowest BCUT2D eigenvalue weighted by Crippen LogP contribution is -2.31. The van der Waals surface area contributed by atoms with Gasteiger partial charge in [0.2, 0.25) is 0 Å². The lowest BCUT2D eigenvalue weighted by Gasteiger charge is -2.19. The van der Waals surface area contributed by atoms with E-state index in [9.17, 15) is 9.90 Å². The Hall–Kier alpha value is -2.51. The second-order valence-corrected chi connectivity index (χ2v) is 9.10. The van der Waals surface area contributed by atoms with Gasteiger partial charge in [-0.3, -0.25) is 14.8 Å². The molecule has 6 nitrogen and oxygen atoms in total. The molecule has 0 unspecified atom stereocenters. The Morgan fingerprint density at radius 3 is 2.66 bits per heavy atom. The Labute approximate surface area is 175 Å². The van der Waals surface area contributed by atoms with Crippen molar-refractivity contribution < 1.29 is 9.90 Å². The van der Waals surface area contributed by atoms with Crippen LogP contribution in [0.1, 0.15) is 50.0 Å². The number of fused-ring (bicyclic) bond motifs is 1. The van der Waals surface area contributed by atoms with Gasteiger partial charge in [-0.1, -0.05) is 0 Å². The van der Waals surface area contributed by atoms with E-state index in [1.165, 1.54) is 0 Å². The molecule has 3 N–H and O–H groups in total. The molecule has 7 heteroatoms. The zero-order valence-electron chi connectivity index (χ0n) is 17.5. The van der Waals surface area contributed by atoms with Crippen LogP contribution in [0, 0.1) is 6.92 Å². The third-order valence-corrected chi connectivity index (χ3v) is 5.42. The van der Waals surface area contributed by atoms with E-state index in [0.717, 1.165) is 32.6 Å². The lowest BCUT2D eigenvalue weighted by atomic mass is 10.0. The smallest absolute Gasteiger partial charge is 0.254 e. The number of pyridine rings is 1. The lowest BCUT2D eigenvalue weighted by molar-refractivity contribution is 0.0693. The highest BCUT2D eigenvalue weighted by atomic mass is 32.1. The summed E-state index contributed by atoms with van der Waals surface area (Å²) in [6.45, 7) is 9.99. The predicted octanol–water partition coefficient (Wildman–Crippen LogP) is 4.38. The third-order valence-electron chi connectivity index (χ3n) is 4.61. The van der Waals surface area contributed by atoms with E-state index < -0.39 is 5.60 Å². The molecule has 0 spiro atoms. The fourth-order valence-corrected chi connectivity index (χ4v) is 3.86. The molecule has 1 aromatic carbocycles. The molecule has 0 saturated heterocycles. The van der Waals surface area contributed by atoms with Gasteiger partial charge in [-0.05, 0) is 64.3 Å². The van der Waals surface area contributed by atoms with E-state index in [1.807, 2.05) is 31.6 Å². The van der Waals surface area contributed by atoms with Crippen molar-refractivity contribution >= 4 is 33.8 Å². The second kappa shape index (κ2) is 8.47. The number of aryl methyl sites for hydroxylation is 1. The number of aliphatic hydroxyl groups is 1. The van der Waals surface area contributed by atoms with Crippen LogP contribution in [0.5, 0.6) is 0 Å². The minimum absolute atomic E-state index is 0.150. The molecule has 0 atom stereocenters. The topological polar surface area (TPSA) is 87.1 Å². The highest BCUT2D eigenvalue weighted by Gasteiger charge is 2.19. The number of aromatic nitrogens is 2. The summed E-state index contributed by atoms with van der Waals surface area (Å²) in [5.74, 6) is -0.202. The molecule has 29 heavy (non-hydrogen) atoms. The summed E-state index contributed by atoms with van der Waals surface area (Å²) in [5, 5.41) is 17.1. The van der Waals surface area contributed by atoms with E-state index in [-0.39, 0.29) is 11.9 Å². The van der Waals surface area contributed by atoms with Crippen LogP contribution in [0.25, 0.3) is 21.3 Å². The van der Waals surface area contributed by atoms with Gasteiger partial charge in [0.05, 0.1) is 32.8 Å². The van der Waals surface area contributed by atoms with Crippen molar-refractivity contribution in [3.05, 3.63) is 41.2 Å². The highest BCUT2D eigenvalue weighted by Crippen LogP contribution is 2.34. The Kier molecular flexibility index (Phi) is 6.19. The maximum atomic E-state index is 12.9. The molecule has 2 heterocycles. The molecule has 0 saturated carbocycles. The van der Waals surface area contributed by atoms with Gasteiger partial charge in [0, 0.05) is 30.4 Å². The number of hydrogen-bond acceptors (Lipinski definition) is 6. The molecule has 3 rings (SSSR count). The first-order valence-electron chi connectivity index (χ1n) is 9.75. The van der Waals surface area contributed by atoms with Crippen molar-refractivity contribution in [1.29, 1.82) is 0 Å². The van der Waals surface area contributed by atoms with Crippen LogP contribution >= 0.6 is 11.3 Å². The molecule has 1 amide bonds. The molecule has 0 fully saturated rings. The number of hydrogen-bond donors (Lipinski definition) is 3. The first-order valence-corrected chi connectivity index (χ1v) is 10.6. The van der Waals surface area contributed by atoms with Gasteiger partial charge in [-0.15, -0.1) is 11.3 Å². The molecule has 0 aliphatic carbocycles. The summed E-state index contributed by atoms with van der Waals surface area (Å²) in [6.07, 6.45) is 3.95. The number of carbonyl (C=O) groups excluding carboxylic acids is 1. The quantitative estimate of drug-likeness (QED) is 0.536. The van der Waals surface area contributed by atoms with E-state index in [2.05, 4.69) is 33.6 Å². The van der Waals surface area contributed by atoms with Crippen molar-refractivity contribution in [2.24, 2.45) is 0 Å². The van der Waals surface area contributed by atoms with Crippen molar-refractivity contribution in [3.63, 3.8) is 0 Å². The number of thiazole rings is 1. The van der Waals surface area contributed by atoms with E-state index in [4.69, 9.17) is 0 Å².